The lowest BCUT2D eigenvalue weighted by molar-refractivity contribution is 0.0754. The SMILES string of the molecule is COC1CCCC1n1c(CCl)nc2cc(I)c(F)cc21. The molecule has 1 heterocycles. The molecule has 2 unspecified atom stereocenters. The molecule has 1 saturated carbocycles. The summed E-state index contributed by atoms with van der Waals surface area (Å²) < 4.78 is 22.1. The highest BCUT2D eigenvalue weighted by molar-refractivity contribution is 14.1. The third kappa shape index (κ3) is 2.33. The number of imidazole rings is 1. The molecule has 0 N–H and O–H groups in total. The zero-order valence-corrected chi connectivity index (χ0v) is 14.0. The van der Waals surface area contributed by atoms with Gasteiger partial charge in [0, 0.05) is 13.2 Å². The lowest BCUT2D eigenvalue weighted by Crippen LogP contribution is -2.22. The van der Waals surface area contributed by atoms with Crippen molar-refractivity contribution in [3.63, 3.8) is 0 Å². The second kappa shape index (κ2) is 5.77. The van der Waals surface area contributed by atoms with Crippen LogP contribution in [0.2, 0.25) is 0 Å². The van der Waals surface area contributed by atoms with Crippen LogP contribution in [-0.2, 0) is 10.6 Å². The van der Waals surface area contributed by atoms with Crippen molar-refractivity contribution in [1.29, 1.82) is 0 Å². The maximum Gasteiger partial charge on any atom is 0.138 e. The van der Waals surface area contributed by atoms with E-state index in [1.165, 1.54) is 0 Å². The first-order valence-corrected chi connectivity index (χ1v) is 8.21. The van der Waals surface area contributed by atoms with Crippen LogP contribution in [0.5, 0.6) is 0 Å². The molecule has 3 rings (SSSR count). The van der Waals surface area contributed by atoms with Crippen LogP contribution in [-0.4, -0.2) is 22.8 Å². The molecule has 1 aromatic heterocycles. The van der Waals surface area contributed by atoms with Gasteiger partial charge in [0.1, 0.15) is 11.6 Å². The molecule has 0 radical (unpaired) electrons. The number of ether oxygens (including phenoxy) is 1. The number of hydrogen-bond acceptors (Lipinski definition) is 2. The van der Waals surface area contributed by atoms with E-state index in [1.54, 1.807) is 19.2 Å². The number of hydrogen-bond donors (Lipinski definition) is 0. The Morgan fingerprint density at radius 2 is 2.30 bits per heavy atom. The maximum atomic E-state index is 13.9. The Hall–Kier alpha value is -0.400. The summed E-state index contributed by atoms with van der Waals surface area (Å²) in [5.74, 6) is 0.893. The number of nitrogens with zero attached hydrogens (tertiary/aromatic N) is 2. The predicted octanol–water partition coefficient (Wildman–Crippen LogP) is 4.26. The average molecular weight is 409 g/mol. The van der Waals surface area contributed by atoms with Gasteiger partial charge in [-0.05, 0) is 47.9 Å². The van der Waals surface area contributed by atoms with Gasteiger partial charge in [0.05, 0.1) is 32.6 Å². The molecule has 108 valence electrons. The van der Waals surface area contributed by atoms with Gasteiger partial charge < -0.3 is 9.30 Å². The summed E-state index contributed by atoms with van der Waals surface area (Å²) >= 11 is 8.02. The van der Waals surface area contributed by atoms with Crippen molar-refractivity contribution in [2.45, 2.75) is 37.3 Å². The molecule has 3 nitrogen and oxygen atoms in total. The van der Waals surface area contributed by atoms with Crippen LogP contribution in [0, 0.1) is 9.39 Å². The number of rotatable bonds is 3. The Morgan fingerprint density at radius 1 is 1.50 bits per heavy atom. The van der Waals surface area contributed by atoms with Gasteiger partial charge >= 0.3 is 0 Å². The van der Waals surface area contributed by atoms with Gasteiger partial charge in [0.25, 0.3) is 0 Å². The lowest BCUT2D eigenvalue weighted by atomic mass is 10.2. The van der Waals surface area contributed by atoms with Crippen molar-refractivity contribution in [2.24, 2.45) is 0 Å². The van der Waals surface area contributed by atoms with Crippen LogP contribution in [0.25, 0.3) is 11.0 Å². The van der Waals surface area contributed by atoms with Crippen molar-refractivity contribution in [1.82, 2.24) is 9.55 Å². The van der Waals surface area contributed by atoms with E-state index in [1.807, 2.05) is 22.6 Å². The molecular formula is C14H15ClFIN2O. The molecule has 2 aromatic rings. The average Bonchev–Trinajstić information content (AvgIpc) is 3.02. The van der Waals surface area contributed by atoms with Gasteiger partial charge in [-0.2, -0.15) is 0 Å². The van der Waals surface area contributed by atoms with Crippen LogP contribution in [0.4, 0.5) is 4.39 Å². The highest BCUT2D eigenvalue weighted by atomic mass is 127. The Kier molecular flexibility index (Phi) is 4.19. The van der Waals surface area contributed by atoms with Crippen LogP contribution < -0.4 is 0 Å². The van der Waals surface area contributed by atoms with E-state index in [0.717, 1.165) is 36.1 Å². The lowest BCUT2D eigenvalue weighted by Gasteiger charge is -2.22. The number of methoxy groups -OCH3 is 1. The summed E-state index contributed by atoms with van der Waals surface area (Å²) in [7, 11) is 1.73. The monoisotopic (exact) mass is 408 g/mol. The molecule has 2 atom stereocenters. The van der Waals surface area contributed by atoms with E-state index in [-0.39, 0.29) is 18.0 Å². The van der Waals surface area contributed by atoms with E-state index in [4.69, 9.17) is 16.3 Å². The number of benzene rings is 1. The summed E-state index contributed by atoms with van der Waals surface area (Å²) in [6.07, 6.45) is 3.30. The molecule has 1 aliphatic carbocycles. The zero-order valence-electron chi connectivity index (χ0n) is 11.1. The summed E-state index contributed by atoms with van der Waals surface area (Å²) in [6, 6.07) is 3.53. The van der Waals surface area contributed by atoms with Crippen molar-refractivity contribution in [2.75, 3.05) is 7.11 Å². The van der Waals surface area contributed by atoms with Crippen LogP contribution in [0.1, 0.15) is 31.1 Å². The first kappa shape index (κ1) is 14.5. The highest BCUT2D eigenvalue weighted by Crippen LogP contribution is 2.36. The third-order valence-corrected chi connectivity index (χ3v) is 5.04. The fourth-order valence-corrected chi connectivity index (χ4v) is 3.72. The van der Waals surface area contributed by atoms with Gasteiger partial charge in [-0.25, -0.2) is 9.37 Å². The molecular weight excluding hydrogens is 394 g/mol. The minimum absolute atomic E-state index is 0.150. The molecule has 0 aliphatic heterocycles. The molecule has 1 aliphatic rings. The Bertz CT molecular complexity index is 646. The topological polar surface area (TPSA) is 27.1 Å². The fraction of sp³-hybridized carbons (Fsp3) is 0.500. The smallest absolute Gasteiger partial charge is 0.138 e. The van der Waals surface area contributed by atoms with Crippen LogP contribution >= 0.6 is 34.2 Å². The fourth-order valence-electron chi connectivity index (χ4n) is 3.08. The van der Waals surface area contributed by atoms with Gasteiger partial charge in [-0.3, -0.25) is 0 Å². The molecule has 20 heavy (non-hydrogen) atoms. The molecule has 0 bridgehead atoms. The van der Waals surface area contributed by atoms with E-state index >= 15 is 0 Å². The maximum absolute atomic E-state index is 13.9. The summed E-state index contributed by atoms with van der Waals surface area (Å²) in [5.41, 5.74) is 1.61. The van der Waals surface area contributed by atoms with Gasteiger partial charge in [-0.15, -0.1) is 11.6 Å². The number of aromatic nitrogens is 2. The predicted molar refractivity (Wildman–Crippen MR) is 85.7 cm³/mol. The normalized spacial score (nSPS) is 22.8. The first-order valence-electron chi connectivity index (χ1n) is 6.60. The number of fused-ring (bicyclic) bond motifs is 1. The number of halogens is 3. The van der Waals surface area contributed by atoms with E-state index in [2.05, 4.69) is 9.55 Å². The van der Waals surface area contributed by atoms with Gasteiger partial charge in [0.2, 0.25) is 0 Å². The summed E-state index contributed by atoms with van der Waals surface area (Å²) in [5, 5.41) is 0. The van der Waals surface area contributed by atoms with Crippen LogP contribution in [0.15, 0.2) is 12.1 Å². The van der Waals surface area contributed by atoms with E-state index in [9.17, 15) is 4.39 Å². The standard InChI is InChI=1S/C14H15ClFIN2O/c1-20-13-4-2-3-11(13)19-12-5-8(16)9(17)6-10(12)18-14(19)7-15/h5-6,11,13H,2-4,7H2,1H3. The third-order valence-electron chi connectivity index (χ3n) is 3.98. The summed E-state index contributed by atoms with van der Waals surface area (Å²) in [4.78, 5) is 4.55. The van der Waals surface area contributed by atoms with Crippen molar-refractivity contribution in [3.8, 4) is 0 Å². The Morgan fingerprint density at radius 3 is 3.00 bits per heavy atom. The molecule has 0 spiro atoms. The quantitative estimate of drug-likeness (QED) is 0.560. The van der Waals surface area contributed by atoms with Crippen molar-refractivity contribution < 1.29 is 9.13 Å². The zero-order chi connectivity index (χ0) is 14.3. The van der Waals surface area contributed by atoms with Crippen molar-refractivity contribution in [3.05, 3.63) is 27.3 Å². The molecule has 1 aromatic carbocycles. The van der Waals surface area contributed by atoms with Crippen LogP contribution in [0.3, 0.4) is 0 Å². The highest BCUT2D eigenvalue weighted by Gasteiger charge is 2.31. The Balaban J connectivity index is 2.19. The Labute approximate surface area is 135 Å². The second-order valence-corrected chi connectivity index (χ2v) is 6.49. The first-order chi connectivity index (χ1) is 9.65. The summed E-state index contributed by atoms with van der Waals surface area (Å²) in [6.45, 7) is 0. The molecule has 1 fully saturated rings. The van der Waals surface area contributed by atoms with Gasteiger partial charge in [0.15, 0.2) is 0 Å². The molecule has 0 saturated heterocycles. The largest absolute Gasteiger partial charge is 0.379 e. The minimum atomic E-state index is -0.215. The number of alkyl halides is 1. The van der Waals surface area contributed by atoms with Gasteiger partial charge in [-0.1, -0.05) is 0 Å². The second-order valence-electron chi connectivity index (χ2n) is 5.06. The van der Waals surface area contributed by atoms with E-state index in [0.29, 0.717) is 9.45 Å². The van der Waals surface area contributed by atoms with E-state index < -0.39 is 0 Å². The molecule has 6 heteroatoms. The molecule has 0 amide bonds. The van der Waals surface area contributed by atoms with Crippen molar-refractivity contribution >= 4 is 45.2 Å². The minimum Gasteiger partial charge on any atom is -0.379 e.